The van der Waals surface area contributed by atoms with Crippen molar-refractivity contribution in [1.82, 2.24) is 15.4 Å². The van der Waals surface area contributed by atoms with Crippen molar-refractivity contribution in [3.8, 4) is 0 Å². The van der Waals surface area contributed by atoms with Crippen molar-refractivity contribution in [3.63, 3.8) is 0 Å². The molecule has 5 nitrogen and oxygen atoms in total. The third-order valence-corrected chi connectivity index (χ3v) is 2.44. The number of aromatic amines is 1. The minimum absolute atomic E-state index is 0.107. The van der Waals surface area contributed by atoms with E-state index in [1.54, 1.807) is 12.3 Å². The fraction of sp³-hybridized carbons (Fsp3) is 0. The minimum atomic E-state index is -0.107. The molecule has 2 N–H and O–H groups in total. The van der Waals surface area contributed by atoms with Crippen molar-refractivity contribution in [2.24, 2.45) is 0 Å². The van der Waals surface area contributed by atoms with Gasteiger partial charge in [-0.15, -0.1) is 0 Å². The minimum Gasteiger partial charge on any atom is -0.321 e. The molecule has 16 heavy (non-hydrogen) atoms. The Balaban J connectivity index is 2.12. The maximum atomic E-state index is 11.7. The summed E-state index contributed by atoms with van der Waals surface area (Å²) in [5, 5.41) is 12.9. The van der Waals surface area contributed by atoms with E-state index in [1.807, 2.05) is 24.3 Å². The number of carbonyl (C=O) groups excluding carboxylic acids is 1. The van der Waals surface area contributed by atoms with Gasteiger partial charge in [-0.1, -0.05) is 18.2 Å². The van der Waals surface area contributed by atoms with E-state index >= 15 is 0 Å². The molecule has 0 spiro atoms. The van der Waals surface area contributed by atoms with Gasteiger partial charge in [0.05, 0.1) is 11.8 Å². The first kappa shape index (κ1) is 8.84. The van der Waals surface area contributed by atoms with Crippen LogP contribution in [-0.2, 0) is 4.79 Å². The molecule has 0 radical (unpaired) electrons. The largest absolute Gasteiger partial charge is 0.321 e. The number of nitrogens with one attached hydrogen (secondary N) is 2. The summed E-state index contributed by atoms with van der Waals surface area (Å²) in [7, 11) is 0. The lowest BCUT2D eigenvalue weighted by atomic mass is 10.1. The highest BCUT2D eigenvalue weighted by molar-refractivity contribution is 6.34. The summed E-state index contributed by atoms with van der Waals surface area (Å²) >= 11 is 0. The molecule has 1 aliphatic rings. The van der Waals surface area contributed by atoms with Crippen molar-refractivity contribution < 1.29 is 4.79 Å². The molecular weight excluding hydrogens is 204 g/mol. The molecule has 1 aromatic carbocycles. The molecule has 3 rings (SSSR count). The lowest BCUT2D eigenvalue weighted by Gasteiger charge is -1.95. The van der Waals surface area contributed by atoms with Crippen LogP contribution in [0.3, 0.4) is 0 Å². The Hall–Kier alpha value is -2.43. The van der Waals surface area contributed by atoms with Gasteiger partial charge in [0.2, 0.25) is 0 Å². The van der Waals surface area contributed by atoms with Crippen molar-refractivity contribution >= 4 is 23.2 Å². The zero-order valence-electron chi connectivity index (χ0n) is 8.27. The Bertz CT molecular complexity index is 571. The highest BCUT2D eigenvalue weighted by Gasteiger charge is 2.23. The van der Waals surface area contributed by atoms with Crippen LogP contribution in [-0.4, -0.2) is 21.3 Å². The molecule has 2 heterocycles. The predicted octanol–water partition coefficient (Wildman–Crippen LogP) is 1.30. The normalized spacial score (nSPS) is 16.2. The summed E-state index contributed by atoms with van der Waals surface area (Å²) in [6.45, 7) is 0. The SMILES string of the molecule is O=C1Nc2ccccc2C1=Cc1cn[nH]n1. The van der Waals surface area contributed by atoms with Crippen LogP contribution in [0.5, 0.6) is 0 Å². The van der Waals surface area contributed by atoms with Gasteiger partial charge in [0.25, 0.3) is 5.91 Å². The van der Waals surface area contributed by atoms with E-state index < -0.39 is 0 Å². The monoisotopic (exact) mass is 212 g/mol. The third-order valence-electron chi connectivity index (χ3n) is 2.44. The van der Waals surface area contributed by atoms with E-state index in [1.165, 1.54) is 0 Å². The number of anilines is 1. The van der Waals surface area contributed by atoms with Gasteiger partial charge in [-0.25, -0.2) is 0 Å². The maximum absolute atomic E-state index is 11.7. The highest BCUT2D eigenvalue weighted by atomic mass is 16.2. The standard InChI is InChI=1S/C11H8N4O/c16-11-9(5-7-6-12-15-14-7)8-3-1-2-4-10(8)13-11/h1-6H,(H,13,16)(H,12,14,15). The number of aromatic nitrogens is 3. The average Bonchev–Trinajstić information content (AvgIpc) is 2.89. The fourth-order valence-electron chi connectivity index (χ4n) is 1.71. The summed E-state index contributed by atoms with van der Waals surface area (Å²) in [6, 6.07) is 7.56. The molecule has 78 valence electrons. The second-order valence-electron chi connectivity index (χ2n) is 3.45. The molecule has 0 saturated heterocycles. The highest BCUT2D eigenvalue weighted by Crippen LogP contribution is 2.32. The van der Waals surface area contributed by atoms with E-state index in [9.17, 15) is 4.79 Å². The van der Waals surface area contributed by atoms with Crippen LogP contribution < -0.4 is 5.32 Å². The summed E-state index contributed by atoms with van der Waals surface area (Å²) in [4.78, 5) is 11.7. The Morgan fingerprint density at radius 1 is 1.25 bits per heavy atom. The summed E-state index contributed by atoms with van der Waals surface area (Å²) in [5.41, 5.74) is 2.99. The zero-order chi connectivity index (χ0) is 11.0. The van der Waals surface area contributed by atoms with Gasteiger partial charge in [-0.05, 0) is 12.1 Å². The average molecular weight is 212 g/mol. The van der Waals surface area contributed by atoms with Crippen molar-refractivity contribution in [2.45, 2.75) is 0 Å². The molecule has 5 heteroatoms. The van der Waals surface area contributed by atoms with Crippen LogP contribution in [0.15, 0.2) is 30.5 Å². The second-order valence-corrected chi connectivity index (χ2v) is 3.45. The van der Waals surface area contributed by atoms with Crippen molar-refractivity contribution in [2.75, 3.05) is 5.32 Å². The molecule has 0 bridgehead atoms. The molecule has 2 aromatic rings. The quantitative estimate of drug-likeness (QED) is 0.700. The number of nitrogens with zero attached hydrogens (tertiary/aromatic N) is 2. The summed E-state index contributed by atoms with van der Waals surface area (Å²) in [5.74, 6) is -0.107. The second kappa shape index (κ2) is 3.30. The van der Waals surface area contributed by atoms with Crippen LogP contribution in [0.4, 0.5) is 5.69 Å². The first-order valence-corrected chi connectivity index (χ1v) is 4.83. The molecule has 1 aromatic heterocycles. The fourth-order valence-corrected chi connectivity index (χ4v) is 1.71. The van der Waals surface area contributed by atoms with Gasteiger partial charge < -0.3 is 5.32 Å². The Morgan fingerprint density at radius 2 is 2.12 bits per heavy atom. The first-order valence-electron chi connectivity index (χ1n) is 4.83. The number of para-hydroxylation sites is 1. The Kier molecular flexibility index (Phi) is 1.83. The zero-order valence-corrected chi connectivity index (χ0v) is 8.27. The van der Waals surface area contributed by atoms with Crippen LogP contribution in [0.25, 0.3) is 11.6 Å². The number of rotatable bonds is 1. The van der Waals surface area contributed by atoms with Crippen LogP contribution in [0.2, 0.25) is 0 Å². The van der Waals surface area contributed by atoms with Crippen molar-refractivity contribution in [3.05, 3.63) is 41.7 Å². The lowest BCUT2D eigenvalue weighted by Crippen LogP contribution is -2.03. The lowest BCUT2D eigenvalue weighted by molar-refractivity contribution is -0.110. The molecule has 0 unspecified atom stereocenters. The van der Waals surface area contributed by atoms with Crippen LogP contribution >= 0.6 is 0 Å². The number of hydrogen-bond acceptors (Lipinski definition) is 3. The predicted molar refractivity (Wildman–Crippen MR) is 59.3 cm³/mol. The summed E-state index contributed by atoms with van der Waals surface area (Å²) in [6.07, 6.45) is 3.28. The van der Waals surface area contributed by atoms with Gasteiger partial charge >= 0.3 is 0 Å². The third kappa shape index (κ3) is 1.30. The van der Waals surface area contributed by atoms with E-state index in [2.05, 4.69) is 20.7 Å². The molecule has 0 fully saturated rings. The molecule has 1 aliphatic heterocycles. The van der Waals surface area contributed by atoms with Crippen molar-refractivity contribution in [1.29, 1.82) is 0 Å². The number of benzene rings is 1. The van der Waals surface area contributed by atoms with Gasteiger partial charge in [0, 0.05) is 11.3 Å². The number of H-pyrrole nitrogens is 1. The number of hydrogen-bond donors (Lipinski definition) is 2. The molecule has 1 amide bonds. The maximum Gasteiger partial charge on any atom is 0.256 e. The molecular formula is C11H8N4O. The molecule has 0 atom stereocenters. The summed E-state index contributed by atoms with van der Waals surface area (Å²) < 4.78 is 0. The number of fused-ring (bicyclic) bond motifs is 1. The van der Waals surface area contributed by atoms with E-state index in [4.69, 9.17) is 0 Å². The Morgan fingerprint density at radius 3 is 2.94 bits per heavy atom. The number of carbonyl (C=O) groups is 1. The first-order chi connectivity index (χ1) is 7.84. The smallest absolute Gasteiger partial charge is 0.256 e. The number of amides is 1. The van der Waals surface area contributed by atoms with E-state index in [-0.39, 0.29) is 5.91 Å². The van der Waals surface area contributed by atoms with Crippen LogP contribution in [0.1, 0.15) is 11.3 Å². The van der Waals surface area contributed by atoms with Gasteiger partial charge in [0.15, 0.2) is 0 Å². The van der Waals surface area contributed by atoms with Gasteiger partial charge in [-0.2, -0.15) is 15.4 Å². The molecule has 0 aliphatic carbocycles. The van der Waals surface area contributed by atoms with Gasteiger partial charge in [-0.3, -0.25) is 4.79 Å². The topological polar surface area (TPSA) is 70.7 Å². The van der Waals surface area contributed by atoms with Gasteiger partial charge in [0.1, 0.15) is 5.69 Å². The van der Waals surface area contributed by atoms with E-state index in [0.29, 0.717) is 11.3 Å². The van der Waals surface area contributed by atoms with E-state index in [0.717, 1.165) is 11.3 Å². The molecule has 0 saturated carbocycles. The van der Waals surface area contributed by atoms with Crippen LogP contribution in [0, 0.1) is 0 Å². The Labute approximate surface area is 91.2 Å².